The van der Waals surface area contributed by atoms with Crippen LogP contribution in [-0.2, 0) is 0 Å². The number of ether oxygens (including phenoxy) is 1. The van der Waals surface area contributed by atoms with Gasteiger partial charge in [-0.15, -0.1) is 0 Å². The summed E-state index contributed by atoms with van der Waals surface area (Å²) in [6, 6.07) is 25.7. The molecule has 5 rings (SSSR count). The van der Waals surface area contributed by atoms with Crippen LogP contribution < -0.4 is 10.2 Å². The van der Waals surface area contributed by atoms with Crippen molar-refractivity contribution in [2.24, 2.45) is 5.10 Å². The first-order valence-corrected chi connectivity index (χ1v) is 12.2. The number of hydrogen-bond acceptors (Lipinski definition) is 4. The van der Waals surface area contributed by atoms with E-state index in [-0.39, 0.29) is 0 Å². The molecule has 0 atom stereocenters. The van der Waals surface area contributed by atoms with E-state index in [0.717, 1.165) is 43.5 Å². The van der Waals surface area contributed by atoms with Gasteiger partial charge in [0.25, 0.3) is 0 Å². The number of hydrazone groups is 1. The predicted octanol–water partition coefficient (Wildman–Crippen LogP) is 8.22. The molecule has 174 valence electrons. The summed E-state index contributed by atoms with van der Waals surface area (Å²) in [6.07, 6.45) is 3.66. The Morgan fingerprint density at radius 2 is 1.66 bits per heavy atom. The predicted molar refractivity (Wildman–Crippen MR) is 148 cm³/mol. The van der Waals surface area contributed by atoms with Gasteiger partial charge >= 0.3 is 0 Å². The highest BCUT2D eigenvalue weighted by Gasteiger charge is 2.13. The number of methoxy groups -OCH3 is 1. The van der Waals surface area contributed by atoms with Crippen molar-refractivity contribution in [1.29, 1.82) is 0 Å². The molecule has 5 nitrogen and oxygen atoms in total. The second-order valence-corrected chi connectivity index (χ2v) is 9.49. The molecule has 8 heteroatoms. The van der Waals surface area contributed by atoms with E-state index in [0.29, 0.717) is 15.7 Å². The third-order valence-electron chi connectivity index (χ3n) is 5.47. The zero-order chi connectivity index (χ0) is 24.4. The van der Waals surface area contributed by atoms with E-state index in [9.17, 15) is 0 Å². The standard InChI is InChI=1S/C27H19BrCl2N4O/c1-35-23-10-9-17-11-19(8-7-18(17)12-23)26-20(16-34(33-26)22-5-3-2-4-6-22)15-31-32-27-24(29)13-21(28)14-25(27)30/h2-16,32H,1H3/b31-15+. The summed E-state index contributed by atoms with van der Waals surface area (Å²) >= 11 is 16.0. The van der Waals surface area contributed by atoms with Gasteiger partial charge in [-0.3, -0.25) is 5.43 Å². The van der Waals surface area contributed by atoms with Gasteiger partial charge in [-0.2, -0.15) is 10.2 Å². The van der Waals surface area contributed by atoms with Crippen molar-refractivity contribution >= 4 is 61.8 Å². The Bertz CT molecular complexity index is 1530. The van der Waals surface area contributed by atoms with Crippen molar-refractivity contribution in [3.05, 3.63) is 105 Å². The first-order chi connectivity index (χ1) is 17.0. The lowest BCUT2D eigenvalue weighted by Gasteiger charge is -2.07. The van der Waals surface area contributed by atoms with Crippen LogP contribution in [0, 0.1) is 0 Å². The lowest BCUT2D eigenvalue weighted by molar-refractivity contribution is 0.415. The number of anilines is 1. The van der Waals surface area contributed by atoms with Crippen LogP contribution in [0.5, 0.6) is 5.75 Å². The third kappa shape index (κ3) is 5.05. The third-order valence-corrected chi connectivity index (χ3v) is 6.53. The van der Waals surface area contributed by atoms with Gasteiger partial charge in [0.15, 0.2) is 0 Å². The molecular formula is C27H19BrCl2N4O. The first kappa shape index (κ1) is 23.4. The van der Waals surface area contributed by atoms with Crippen LogP contribution in [-0.4, -0.2) is 23.1 Å². The lowest BCUT2D eigenvalue weighted by atomic mass is 10.0. The quantitative estimate of drug-likeness (QED) is 0.167. The van der Waals surface area contributed by atoms with Crippen molar-refractivity contribution in [3.8, 4) is 22.7 Å². The second kappa shape index (κ2) is 10.1. The maximum absolute atomic E-state index is 6.33. The minimum absolute atomic E-state index is 0.465. The molecule has 0 saturated carbocycles. The summed E-state index contributed by atoms with van der Waals surface area (Å²) in [6.45, 7) is 0. The Morgan fingerprint density at radius 1 is 0.943 bits per heavy atom. The number of fused-ring (bicyclic) bond motifs is 1. The number of hydrogen-bond donors (Lipinski definition) is 1. The Balaban J connectivity index is 1.55. The summed E-state index contributed by atoms with van der Waals surface area (Å²) in [5.41, 5.74) is 7.04. The van der Waals surface area contributed by atoms with Gasteiger partial charge in [0, 0.05) is 21.8 Å². The number of rotatable bonds is 6. The van der Waals surface area contributed by atoms with Gasteiger partial charge in [0.2, 0.25) is 0 Å². The fourth-order valence-electron chi connectivity index (χ4n) is 3.73. The van der Waals surface area contributed by atoms with E-state index in [4.69, 9.17) is 33.0 Å². The molecule has 35 heavy (non-hydrogen) atoms. The maximum Gasteiger partial charge on any atom is 0.119 e. The molecule has 0 aliphatic carbocycles. The van der Waals surface area contributed by atoms with E-state index in [1.807, 2.05) is 65.5 Å². The van der Waals surface area contributed by atoms with Crippen molar-refractivity contribution in [2.45, 2.75) is 0 Å². The summed E-state index contributed by atoms with van der Waals surface area (Å²) < 4.78 is 7.99. The highest BCUT2D eigenvalue weighted by Crippen LogP contribution is 2.34. The number of halogens is 3. The number of para-hydroxylation sites is 1. The monoisotopic (exact) mass is 564 g/mol. The van der Waals surface area contributed by atoms with Gasteiger partial charge in [-0.05, 0) is 53.2 Å². The molecule has 5 aromatic rings. The van der Waals surface area contributed by atoms with Gasteiger partial charge in [-0.25, -0.2) is 4.68 Å². The van der Waals surface area contributed by atoms with E-state index in [1.54, 1.807) is 25.5 Å². The van der Waals surface area contributed by atoms with E-state index >= 15 is 0 Å². The van der Waals surface area contributed by atoms with Crippen LogP contribution in [0.4, 0.5) is 5.69 Å². The topological polar surface area (TPSA) is 51.4 Å². The van der Waals surface area contributed by atoms with Crippen LogP contribution in [0.2, 0.25) is 10.0 Å². The molecule has 0 unspecified atom stereocenters. The molecule has 0 spiro atoms. The van der Waals surface area contributed by atoms with Crippen LogP contribution in [0.15, 0.2) is 94.6 Å². The fourth-order valence-corrected chi connectivity index (χ4v) is 5.03. The fraction of sp³-hybridized carbons (Fsp3) is 0.0370. The normalized spacial score (nSPS) is 11.3. The molecule has 0 saturated heterocycles. The summed E-state index contributed by atoms with van der Waals surface area (Å²) in [7, 11) is 1.67. The summed E-state index contributed by atoms with van der Waals surface area (Å²) in [5.74, 6) is 0.822. The lowest BCUT2D eigenvalue weighted by Crippen LogP contribution is -1.94. The molecule has 4 aromatic carbocycles. The van der Waals surface area contributed by atoms with E-state index < -0.39 is 0 Å². The number of nitrogens with one attached hydrogen (secondary N) is 1. The highest BCUT2D eigenvalue weighted by molar-refractivity contribution is 9.10. The van der Waals surface area contributed by atoms with Crippen LogP contribution >= 0.6 is 39.1 Å². The average molecular weight is 566 g/mol. The van der Waals surface area contributed by atoms with Crippen LogP contribution in [0.3, 0.4) is 0 Å². The van der Waals surface area contributed by atoms with Crippen molar-refractivity contribution in [2.75, 3.05) is 12.5 Å². The zero-order valence-electron chi connectivity index (χ0n) is 18.5. The van der Waals surface area contributed by atoms with E-state index in [1.165, 1.54) is 0 Å². The molecule has 0 aliphatic heterocycles. The summed E-state index contributed by atoms with van der Waals surface area (Å²) in [4.78, 5) is 0. The SMILES string of the molecule is COc1ccc2cc(-c3nn(-c4ccccc4)cc3/C=N/Nc3c(Cl)cc(Br)cc3Cl)ccc2c1. The van der Waals surface area contributed by atoms with E-state index in [2.05, 4.69) is 38.6 Å². The van der Waals surface area contributed by atoms with Gasteiger partial charge in [0.05, 0.1) is 34.7 Å². The molecule has 0 radical (unpaired) electrons. The molecule has 1 heterocycles. The number of benzene rings is 4. The van der Waals surface area contributed by atoms with Crippen molar-refractivity contribution in [1.82, 2.24) is 9.78 Å². The average Bonchev–Trinajstić information content (AvgIpc) is 3.29. The van der Waals surface area contributed by atoms with Gasteiger partial charge < -0.3 is 4.74 Å². The Kier molecular flexibility index (Phi) is 6.77. The highest BCUT2D eigenvalue weighted by atomic mass is 79.9. The second-order valence-electron chi connectivity index (χ2n) is 7.76. The van der Waals surface area contributed by atoms with Crippen molar-refractivity contribution < 1.29 is 4.74 Å². The molecule has 0 amide bonds. The molecular weight excluding hydrogens is 547 g/mol. The van der Waals surface area contributed by atoms with Crippen LogP contribution in [0.1, 0.15) is 5.56 Å². The maximum atomic E-state index is 6.33. The minimum atomic E-state index is 0.465. The molecule has 0 aliphatic rings. The zero-order valence-corrected chi connectivity index (χ0v) is 21.6. The molecule has 1 aromatic heterocycles. The Hall–Kier alpha value is -3.32. The largest absolute Gasteiger partial charge is 0.497 e. The van der Waals surface area contributed by atoms with Crippen LogP contribution in [0.25, 0.3) is 27.7 Å². The minimum Gasteiger partial charge on any atom is -0.497 e. The number of nitrogens with zero attached hydrogens (tertiary/aromatic N) is 3. The Morgan fingerprint density at radius 3 is 2.40 bits per heavy atom. The van der Waals surface area contributed by atoms with Gasteiger partial charge in [0.1, 0.15) is 11.4 Å². The summed E-state index contributed by atoms with van der Waals surface area (Å²) in [5, 5.41) is 12.4. The van der Waals surface area contributed by atoms with Gasteiger partial charge in [-0.1, -0.05) is 75.5 Å². The molecule has 1 N–H and O–H groups in total. The van der Waals surface area contributed by atoms with Crippen molar-refractivity contribution in [3.63, 3.8) is 0 Å². The number of aromatic nitrogens is 2. The first-order valence-electron chi connectivity index (χ1n) is 10.7. The molecule has 0 fully saturated rings. The Labute approximate surface area is 221 Å². The molecule has 0 bridgehead atoms. The smallest absolute Gasteiger partial charge is 0.119 e.